The van der Waals surface area contributed by atoms with Gasteiger partial charge in [0.05, 0.1) is 22.3 Å². The van der Waals surface area contributed by atoms with Gasteiger partial charge < -0.3 is 9.72 Å². The van der Waals surface area contributed by atoms with Crippen molar-refractivity contribution in [3.8, 4) is 0 Å². The van der Waals surface area contributed by atoms with E-state index in [2.05, 4.69) is 15.0 Å². The lowest BCUT2D eigenvalue weighted by molar-refractivity contribution is 0.600. The van der Waals surface area contributed by atoms with Crippen LogP contribution in [0.15, 0.2) is 36.8 Å². The Morgan fingerprint density at radius 2 is 2.08 bits per heavy atom. The number of imidazole rings is 1. The van der Waals surface area contributed by atoms with Crippen LogP contribution in [0.4, 0.5) is 21.5 Å². The van der Waals surface area contributed by atoms with E-state index in [0.29, 0.717) is 29.9 Å². The predicted molar refractivity (Wildman–Crippen MR) is 108 cm³/mol. The molecule has 2 N–H and O–H groups in total. The summed E-state index contributed by atoms with van der Waals surface area (Å²) in [5, 5.41) is 2.68. The summed E-state index contributed by atoms with van der Waals surface area (Å²) in [5.74, 6) is -0.407. The number of nitrogens with zero attached hydrogens (tertiary/aromatic N) is 2. The highest BCUT2D eigenvalue weighted by Gasteiger charge is 2.36. The Hall–Kier alpha value is -1.88. The van der Waals surface area contributed by atoms with E-state index in [1.54, 1.807) is 35.1 Å². The molecule has 0 saturated heterocycles. The molecule has 0 unspecified atom stereocenters. The molecule has 136 valence electrons. The Morgan fingerprint density at radius 3 is 2.77 bits per heavy atom. The van der Waals surface area contributed by atoms with Gasteiger partial charge >= 0.3 is 0 Å². The Kier molecular flexibility index (Phi) is 4.30. The van der Waals surface area contributed by atoms with E-state index in [4.69, 9.17) is 0 Å². The summed E-state index contributed by atoms with van der Waals surface area (Å²) in [6, 6.07) is 4.83. The molecule has 0 bridgehead atoms. The van der Waals surface area contributed by atoms with Crippen molar-refractivity contribution in [2.45, 2.75) is 25.0 Å². The van der Waals surface area contributed by atoms with Gasteiger partial charge in [-0.25, -0.2) is 17.8 Å². The molecule has 0 atom stereocenters. The number of sulfonamides is 1. The summed E-state index contributed by atoms with van der Waals surface area (Å²) in [7, 11) is -3.46. The van der Waals surface area contributed by atoms with Gasteiger partial charge in [-0.3, -0.25) is 4.72 Å². The van der Waals surface area contributed by atoms with Gasteiger partial charge in [-0.1, -0.05) is 0 Å². The predicted octanol–water partition coefficient (Wildman–Crippen LogP) is 4.03. The van der Waals surface area contributed by atoms with Crippen molar-refractivity contribution < 1.29 is 12.8 Å². The second-order valence-corrected chi connectivity index (χ2v) is 9.50. The maximum absolute atomic E-state index is 14.3. The molecule has 1 aliphatic carbocycles. The van der Waals surface area contributed by atoms with Gasteiger partial charge in [0.15, 0.2) is 0 Å². The number of pyridine rings is 1. The van der Waals surface area contributed by atoms with Gasteiger partial charge in [0.2, 0.25) is 10.0 Å². The Bertz CT molecular complexity index is 1110. The van der Waals surface area contributed by atoms with E-state index >= 15 is 0 Å². The minimum absolute atomic E-state index is 0.274. The molecule has 1 saturated carbocycles. The average Bonchev–Trinajstić information content (AvgIpc) is 3.33. The van der Waals surface area contributed by atoms with E-state index in [1.807, 2.05) is 29.5 Å². The highest BCUT2D eigenvalue weighted by molar-refractivity contribution is 14.1. The van der Waals surface area contributed by atoms with Crippen LogP contribution in [-0.4, -0.2) is 23.1 Å². The maximum Gasteiger partial charge on any atom is 0.235 e. The van der Waals surface area contributed by atoms with Crippen molar-refractivity contribution in [1.29, 1.82) is 0 Å². The smallest absolute Gasteiger partial charge is 0.235 e. The highest BCUT2D eigenvalue weighted by atomic mass is 127. The van der Waals surface area contributed by atoms with Crippen molar-refractivity contribution in [2.24, 2.45) is 0 Å². The van der Waals surface area contributed by atoms with E-state index in [9.17, 15) is 12.8 Å². The van der Waals surface area contributed by atoms with Crippen LogP contribution in [0.1, 0.15) is 18.4 Å². The summed E-state index contributed by atoms with van der Waals surface area (Å²) in [5.41, 5.74) is 2.54. The first-order valence-corrected chi connectivity index (χ1v) is 10.7. The van der Waals surface area contributed by atoms with Crippen molar-refractivity contribution in [3.05, 3.63) is 51.7 Å². The van der Waals surface area contributed by atoms with E-state index < -0.39 is 15.8 Å². The first kappa shape index (κ1) is 17.5. The van der Waals surface area contributed by atoms with E-state index in [-0.39, 0.29) is 10.9 Å². The SMILES string of the molecule is Cc1c(Nc2ccc(I)cc2F)c(NS(=O)(=O)C2CC2)cn2ccnc12. The minimum atomic E-state index is -3.46. The van der Waals surface area contributed by atoms with Crippen molar-refractivity contribution in [1.82, 2.24) is 9.38 Å². The zero-order valence-electron chi connectivity index (χ0n) is 13.8. The molecular formula is C17H16FIN4O2S. The Labute approximate surface area is 164 Å². The lowest BCUT2D eigenvalue weighted by atomic mass is 10.2. The third kappa shape index (κ3) is 3.25. The molecule has 0 spiro atoms. The quantitative estimate of drug-likeness (QED) is 0.535. The second-order valence-electron chi connectivity index (χ2n) is 6.30. The minimum Gasteiger partial charge on any atom is -0.351 e. The number of hydrogen-bond acceptors (Lipinski definition) is 4. The zero-order chi connectivity index (χ0) is 18.5. The number of benzene rings is 1. The van der Waals surface area contributed by atoms with Crippen LogP contribution >= 0.6 is 22.6 Å². The molecule has 0 radical (unpaired) electrons. The second kappa shape index (κ2) is 6.38. The summed E-state index contributed by atoms with van der Waals surface area (Å²) < 4.78 is 44.3. The van der Waals surface area contributed by atoms with Crippen molar-refractivity contribution in [2.75, 3.05) is 10.0 Å². The molecular weight excluding hydrogens is 470 g/mol. The Balaban J connectivity index is 1.82. The molecule has 9 heteroatoms. The number of fused-ring (bicyclic) bond motifs is 1. The molecule has 1 fully saturated rings. The van der Waals surface area contributed by atoms with Crippen molar-refractivity contribution >= 4 is 55.3 Å². The normalized spacial score (nSPS) is 14.6. The number of nitrogens with one attached hydrogen (secondary N) is 2. The number of anilines is 3. The van der Waals surface area contributed by atoms with Gasteiger partial charge in [0.1, 0.15) is 11.5 Å². The molecule has 2 heterocycles. The van der Waals surface area contributed by atoms with Gasteiger partial charge in [-0.2, -0.15) is 0 Å². The fraction of sp³-hybridized carbons (Fsp3) is 0.235. The topological polar surface area (TPSA) is 75.5 Å². The molecule has 1 aromatic carbocycles. The van der Waals surface area contributed by atoms with Crippen molar-refractivity contribution in [3.63, 3.8) is 0 Å². The fourth-order valence-electron chi connectivity index (χ4n) is 2.80. The Morgan fingerprint density at radius 1 is 1.31 bits per heavy atom. The lowest BCUT2D eigenvalue weighted by Gasteiger charge is -2.18. The number of halogens is 2. The highest BCUT2D eigenvalue weighted by Crippen LogP contribution is 2.36. The fourth-order valence-corrected chi connectivity index (χ4v) is 4.64. The van der Waals surface area contributed by atoms with E-state index in [0.717, 1.165) is 9.13 Å². The summed E-state index contributed by atoms with van der Waals surface area (Å²) in [6.07, 6.45) is 6.36. The molecule has 3 aromatic rings. The van der Waals surface area contributed by atoms with Crippen LogP contribution in [0.5, 0.6) is 0 Å². The third-order valence-electron chi connectivity index (χ3n) is 4.32. The molecule has 2 aromatic heterocycles. The average molecular weight is 486 g/mol. The number of rotatable bonds is 5. The first-order chi connectivity index (χ1) is 12.3. The van der Waals surface area contributed by atoms with Crippen LogP contribution in [0.3, 0.4) is 0 Å². The van der Waals surface area contributed by atoms with Gasteiger partial charge in [0.25, 0.3) is 0 Å². The molecule has 1 aliphatic rings. The van der Waals surface area contributed by atoms with Crippen LogP contribution in [0, 0.1) is 16.3 Å². The monoisotopic (exact) mass is 486 g/mol. The first-order valence-electron chi connectivity index (χ1n) is 8.05. The largest absolute Gasteiger partial charge is 0.351 e. The van der Waals surface area contributed by atoms with Gasteiger partial charge in [-0.05, 0) is 60.6 Å². The molecule has 0 amide bonds. The molecule has 26 heavy (non-hydrogen) atoms. The summed E-state index contributed by atoms with van der Waals surface area (Å²) in [4.78, 5) is 4.29. The zero-order valence-corrected chi connectivity index (χ0v) is 16.8. The third-order valence-corrected chi connectivity index (χ3v) is 6.85. The lowest BCUT2D eigenvalue weighted by Crippen LogP contribution is -2.19. The van der Waals surface area contributed by atoms with Gasteiger partial charge in [-0.15, -0.1) is 0 Å². The number of aryl methyl sites for hydroxylation is 1. The van der Waals surface area contributed by atoms with Crippen LogP contribution in [0.25, 0.3) is 5.65 Å². The molecule has 4 rings (SSSR count). The maximum atomic E-state index is 14.3. The molecule has 0 aliphatic heterocycles. The van der Waals surface area contributed by atoms with Crippen LogP contribution in [-0.2, 0) is 10.0 Å². The van der Waals surface area contributed by atoms with E-state index in [1.165, 1.54) is 6.07 Å². The summed E-state index contributed by atoms with van der Waals surface area (Å²) in [6.45, 7) is 1.82. The van der Waals surface area contributed by atoms with Crippen LogP contribution < -0.4 is 10.0 Å². The molecule has 6 nitrogen and oxygen atoms in total. The summed E-state index contributed by atoms with van der Waals surface area (Å²) >= 11 is 2.04. The van der Waals surface area contributed by atoms with Gasteiger partial charge in [0, 0.05) is 27.7 Å². The number of hydrogen-bond donors (Lipinski definition) is 2. The standard InChI is InChI=1S/C17H16FIN4O2S/c1-10-16(21-14-5-2-11(19)8-13(14)18)15(9-23-7-6-20-17(10)23)22-26(24,25)12-3-4-12/h2,5-9,12,21-22H,3-4H2,1H3. The number of aromatic nitrogens is 2. The van der Waals surface area contributed by atoms with Crippen LogP contribution in [0.2, 0.25) is 0 Å².